The van der Waals surface area contributed by atoms with Crippen molar-refractivity contribution < 1.29 is 14.7 Å². The highest BCUT2D eigenvalue weighted by Crippen LogP contribution is 2.42. The summed E-state index contributed by atoms with van der Waals surface area (Å²) in [5.41, 5.74) is -0.829. The molecule has 0 atom stereocenters. The third-order valence-corrected chi connectivity index (χ3v) is 3.95. The standard InChI is InChI=1S/C12H19NO3/c1-11(6-7-11)13-9(14)8-12(10(15)16)4-2-3-5-12/h2-8H2,1H3,(H,13,14)(H,15,16). The van der Waals surface area contributed by atoms with Crippen LogP contribution in [-0.4, -0.2) is 22.5 Å². The Bertz CT molecular complexity index is 314. The Morgan fingerprint density at radius 2 is 1.75 bits per heavy atom. The van der Waals surface area contributed by atoms with Gasteiger partial charge in [-0.1, -0.05) is 12.8 Å². The number of aliphatic carboxylic acids is 1. The third-order valence-electron chi connectivity index (χ3n) is 3.95. The smallest absolute Gasteiger partial charge is 0.310 e. The second kappa shape index (κ2) is 3.75. The predicted octanol–water partition coefficient (Wildman–Crippen LogP) is 1.69. The van der Waals surface area contributed by atoms with Gasteiger partial charge in [-0.25, -0.2) is 0 Å². The fraction of sp³-hybridized carbons (Fsp3) is 0.833. The zero-order chi connectivity index (χ0) is 11.8. The molecule has 2 aliphatic rings. The first kappa shape index (κ1) is 11.4. The van der Waals surface area contributed by atoms with Crippen molar-refractivity contribution in [2.24, 2.45) is 5.41 Å². The molecule has 0 aromatic carbocycles. The number of carbonyl (C=O) groups is 2. The Morgan fingerprint density at radius 1 is 1.19 bits per heavy atom. The first-order chi connectivity index (χ1) is 7.46. The summed E-state index contributed by atoms with van der Waals surface area (Å²) < 4.78 is 0. The quantitative estimate of drug-likeness (QED) is 0.765. The van der Waals surface area contributed by atoms with Gasteiger partial charge < -0.3 is 10.4 Å². The number of carboxylic acids is 1. The number of nitrogens with one attached hydrogen (secondary N) is 1. The molecule has 2 fully saturated rings. The van der Waals surface area contributed by atoms with Crippen LogP contribution >= 0.6 is 0 Å². The molecule has 0 aromatic heterocycles. The molecule has 4 nitrogen and oxygen atoms in total. The van der Waals surface area contributed by atoms with E-state index in [-0.39, 0.29) is 17.9 Å². The molecule has 0 radical (unpaired) electrons. The van der Waals surface area contributed by atoms with E-state index in [0.29, 0.717) is 12.8 Å². The van der Waals surface area contributed by atoms with Gasteiger partial charge in [-0.05, 0) is 32.6 Å². The van der Waals surface area contributed by atoms with Crippen LogP contribution < -0.4 is 5.32 Å². The van der Waals surface area contributed by atoms with Crippen LogP contribution in [0, 0.1) is 5.41 Å². The Balaban J connectivity index is 1.95. The normalized spacial score (nSPS) is 25.1. The van der Waals surface area contributed by atoms with Gasteiger partial charge in [-0.2, -0.15) is 0 Å². The first-order valence-corrected chi connectivity index (χ1v) is 6.00. The molecule has 2 aliphatic carbocycles. The molecule has 16 heavy (non-hydrogen) atoms. The molecule has 0 aromatic rings. The van der Waals surface area contributed by atoms with Crippen LogP contribution in [0.2, 0.25) is 0 Å². The SMILES string of the molecule is CC1(NC(=O)CC2(C(=O)O)CCCC2)CC1. The molecule has 0 unspecified atom stereocenters. The van der Waals surface area contributed by atoms with E-state index in [2.05, 4.69) is 5.32 Å². The second-order valence-corrected chi connectivity index (χ2v) is 5.58. The molecule has 2 N–H and O–H groups in total. The summed E-state index contributed by atoms with van der Waals surface area (Å²) in [4.78, 5) is 23.1. The lowest BCUT2D eigenvalue weighted by atomic mass is 9.82. The molecular formula is C12H19NO3. The van der Waals surface area contributed by atoms with E-state index < -0.39 is 11.4 Å². The van der Waals surface area contributed by atoms with Crippen LogP contribution in [0.15, 0.2) is 0 Å². The highest BCUT2D eigenvalue weighted by molar-refractivity contribution is 5.85. The van der Waals surface area contributed by atoms with E-state index >= 15 is 0 Å². The van der Waals surface area contributed by atoms with Crippen molar-refractivity contribution in [2.75, 3.05) is 0 Å². The summed E-state index contributed by atoms with van der Waals surface area (Å²) in [6.45, 7) is 2.01. The summed E-state index contributed by atoms with van der Waals surface area (Å²) in [5.74, 6) is -0.898. The monoisotopic (exact) mass is 225 g/mol. The maximum Gasteiger partial charge on any atom is 0.310 e. The first-order valence-electron chi connectivity index (χ1n) is 6.00. The van der Waals surface area contributed by atoms with E-state index in [9.17, 15) is 14.7 Å². The van der Waals surface area contributed by atoms with Crippen LogP contribution in [0.1, 0.15) is 51.9 Å². The van der Waals surface area contributed by atoms with Crippen molar-refractivity contribution >= 4 is 11.9 Å². The van der Waals surface area contributed by atoms with Crippen molar-refractivity contribution in [1.82, 2.24) is 5.32 Å². The number of carboxylic acid groups (broad SMARTS) is 1. The molecule has 0 heterocycles. The molecule has 2 rings (SSSR count). The van der Waals surface area contributed by atoms with E-state index in [4.69, 9.17) is 0 Å². The van der Waals surface area contributed by atoms with Crippen LogP contribution in [0.3, 0.4) is 0 Å². The maximum atomic E-state index is 11.8. The highest BCUT2D eigenvalue weighted by Gasteiger charge is 2.45. The van der Waals surface area contributed by atoms with Gasteiger partial charge in [-0.3, -0.25) is 9.59 Å². The lowest BCUT2D eigenvalue weighted by molar-refractivity contribution is -0.151. The number of hydrogen-bond acceptors (Lipinski definition) is 2. The lowest BCUT2D eigenvalue weighted by Gasteiger charge is -2.24. The van der Waals surface area contributed by atoms with E-state index in [1.54, 1.807) is 0 Å². The van der Waals surface area contributed by atoms with E-state index in [0.717, 1.165) is 25.7 Å². The molecule has 0 aliphatic heterocycles. The lowest BCUT2D eigenvalue weighted by Crippen LogP contribution is -2.40. The largest absolute Gasteiger partial charge is 0.481 e. The van der Waals surface area contributed by atoms with Crippen molar-refractivity contribution in [3.8, 4) is 0 Å². The second-order valence-electron chi connectivity index (χ2n) is 5.58. The minimum atomic E-state index is -0.805. The molecule has 1 amide bonds. The summed E-state index contributed by atoms with van der Waals surface area (Å²) >= 11 is 0. The molecule has 2 saturated carbocycles. The summed E-state index contributed by atoms with van der Waals surface area (Å²) in [7, 11) is 0. The number of rotatable bonds is 4. The Kier molecular flexibility index (Phi) is 2.68. The van der Waals surface area contributed by atoms with Gasteiger partial charge in [-0.15, -0.1) is 0 Å². The topological polar surface area (TPSA) is 66.4 Å². The van der Waals surface area contributed by atoms with Gasteiger partial charge in [0.2, 0.25) is 5.91 Å². The zero-order valence-electron chi connectivity index (χ0n) is 9.71. The van der Waals surface area contributed by atoms with Crippen molar-refractivity contribution in [2.45, 2.75) is 57.4 Å². The minimum Gasteiger partial charge on any atom is -0.481 e. The van der Waals surface area contributed by atoms with Gasteiger partial charge in [0, 0.05) is 12.0 Å². The Hall–Kier alpha value is -1.06. The summed E-state index contributed by atoms with van der Waals surface area (Å²) in [6.07, 6.45) is 5.32. The van der Waals surface area contributed by atoms with Crippen molar-refractivity contribution in [1.29, 1.82) is 0 Å². The molecule has 90 valence electrons. The number of carbonyl (C=O) groups excluding carboxylic acids is 1. The predicted molar refractivity (Wildman–Crippen MR) is 58.9 cm³/mol. The van der Waals surface area contributed by atoms with Crippen LogP contribution in [-0.2, 0) is 9.59 Å². The van der Waals surface area contributed by atoms with Crippen molar-refractivity contribution in [3.05, 3.63) is 0 Å². The number of amides is 1. The fourth-order valence-corrected chi connectivity index (χ4v) is 2.52. The van der Waals surface area contributed by atoms with Crippen LogP contribution in [0.5, 0.6) is 0 Å². The highest BCUT2D eigenvalue weighted by atomic mass is 16.4. The van der Waals surface area contributed by atoms with Gasteiger partial charge >= 0.3 is 5.97 Å². The Morgan fingerprint density at radius 3 is 2.19 bits per heavy atom. The molecular weight excluding hydrogens is 206 g/mol. The molecule has 0 saturated heterocycles. The fourth-order valence-electron chi connectivity index (χ4n) is 2.52. The van der Waals surface area contributed by atoms with E-state index in [1.165, 1.54) is 0 Å². The summed E-state index contributed by atoms with van der Waals surface area (Å²) in [5, 5.41) is 12.2. The third kappa shape index (κ3) is 2.20. The maximum absolute atomic E-state index is 11.8. The van der Waals surface area contributed by atoms with Gasteiger partial charge in [0.15, 0.2) is 0 Å². The minimum absolute atomic E-state index is 0.0462. The summed E-state index contributed by atoms with van der Waals surface area (Å²) in [6, 6.07) is 0. The van der Waals surface area contributed by atoms with Crippen LogP contribution in [0.25, 0.3) is 0 Å². The Labute approximate surface area is 95.4 Å². The van der Waals surface area contributed by atoms with E-state index in [1.807, 2.05) is 6.92 Å². The zero-order valence-corrected chi connectivity index (χ0v) is 9.71. The van der Waals surface area contributed by atoms with Gasteiger partial charge in [0.25, 0.3) is 0 Å². The van der Waals surface area contributed by atoms with Gasteiger partial charge in [0.1, 0.15) is 0 Å². The van der Waals surface area contributed by atoms with Crippen molar-refractivity contribution in [3.63, 3.8) is 0 Å². The van der Waals surface area contributed by atoms with Gasteiger partial charge in [0.05, 0.1) is 5.41 Å². The average molecular weight is 225 g/mol. The molecule has 0 spiro atoms. The average Bonchev–Trinajstić information content (AvgIpc) is 2.74. The number of hydrogen-bond donors (Lipinski definition) is 2. The van der Waals surface area contributed by atoms with Crippen LogP contribution in [0.4, 0.5) is 0 Å². The molecule has 4 heteroatoms. The molecule has 0 bridgehead atoms.